The number of carbonyl (C=O) groups is 3. The van der Waals surface area contributed by atoms with Crippen LogP contribution < -0.4 is 18.9 Å². The van der Waals surface area contributed by atoms with Crippen LogP contribution in [0.1, 0.15) is 158 Å². The van der Waals surface area contributed by atoms with Gasteiger partial charge in [-0.05, 0) is 157 Å². The molecule has 11 nitrogen and oxygen atoms in total. The highest BCUT2D eigenvalue weighted by Gasteiger charge is 2.51. The molecule has 5 unspecified atom stereocenters. The van der Waals surface area contributed by atoms with E-state index in [1.165, 1.54) is 48.6 Å². The molecule has 0 saturated carbocycles. The number of carbonyl (C=O) groups excluding carboxylic acids is 3. The van der Waals surface area contributed by atoms with Gasteiger partial charge in [-0.15, -0.1) is 13.2 Å². The van der Waals surface area contributed by atoms with Crippen molar-refractivity contribution in [1.29, 1.82) is 0 Å². The van der Waals surface area contributed by atoms with E-state index in [0.717, 1.165) is 49.4 Å². The first-order chi connectivity index (χ1) is 35.5. The summed E-state index contributed by atoms with van der Waals surface area (Å²) in [5.41, 5.74) is 6.57. The summed E-state index contributed by atoms with van der Waals surface area (Å²) in [4.78, 5) is 34.7. The van der Waals surface area contributed by atoms with E-state index in [1.807, 2.05) is 48.5 Å². The van der Waals surface area contributed by atoms with Crippen molar-refractivity contribution in [2.75, 3.05) is 27.4 Å². The fourth-order valence-electron chi connectivity index (χ4n) is 8.28. The second-order valence-corrected chi connectivity index (χ2v) is 20.6. The Hall–Kier alpha value is -6.79. The van der Waals surface area contributed by atoms with E-state index >= 15 is 0 Å². The normalized spacial score (nSPS) is 12.6. The Labute approximate surface area is 444 Å². The summed E-state index contributed by atoms with van der Waals surface area (Å²) >= 11 is 0. The average molecular weight is 1030 g/mol. The first-order valence-electron chi connectivity index (χ1n) is 25.7. The van der Waals surface area contributed by atoms with Crippen molar-refractivity contribution in [2.45, 2.75) is 136 Å². The lowest BCUT2D eigenvalue weighted by molar-refractivity contribution is -0.147. The van der Waals surface area contributed by atoms with Gasteiger partial charge in [-0.2, -0.15) is 0 Å². The van der Waals surface area contributed by atoms with E-state index < -0.39 is 26.7 Å². The summed E-state index contributed by atoms with van der Waals surface area (Å²) in [6.07, 6.45) is 7.58. The number of hydrogen-bond donors (Lipinski definition) is 1. The third-order valence-electron chi connectivity index (χ3n) is 12.6. The predicted molar refractivity (Wildman–Crippen MR) is 301 cm³/mol. The molecule has 5 aromatic rings. The van der Waals surface area contributed by atoms with Crippen molar-refractivity contribution >= 4 is 26.7 Å². The molecule has 0 aliphatic carbocycles. The van der Waals surface area contributed by atoms with Crippen LogP contribution in [0.4, 0.5) is 0 Å². The summed E-state index contributed by atoms with van der Waals surface area (Å²) < 4.78 is 37.5. The van der Waals surface area contributed by atoms with Crippen molar-refractivity contribution in [3.05, 3.63) is 175 Å². The van der Waals surface area contributed by atoms with Gasteiger partial charge >= 0.3 is 8.80 Å². The monoisotopic (exact) mass is 1030 g/mol. The number of aromatic hydroxyl groups is 1. The highest BCUT2D eigenvalue weighted by Crippen LogP contribution is 2.35. The molecular formula is C62H84O11Si. The van der Waals surface area contributed by atoms with Crippen LogP contribution in [-0.2, 0) is 27.7 Å². The zero-order chi connectivity index (χ0) is 55.1. The summed E-state index contributed by atoms with van der Waals surface area (Å²) in [6, 6.07) is 40.7. The van der Waals surface area contributed by atoms with E-state index in [-0.39, 0.29) is 12.7 Å². The second-order valence-electron chi connectivity index (χ2n) is 18.1. The molecule has 0 heterocycles. The Kier molecular flexibility index (Phi) is 29.6. The minimum atomic E-state index is -3.84. The van der Waals surface area contributed by atoms with Crippen molar-refractivity contribution in [3.63, 3.8) is 0 Å². The summed E-state index contributed by atoms with van der Waals surface area (Å²) in [5.74, 6) is 4.13. The van der Waals surface area contributed by atoms with Crippen LogP contribution in [0, 0.1) is 0 Å². The summed E-state index contributed by atoms with van der Waals surface area (Å²) in [6.45, 7) is 27.4. The minimum absolute atomic E-state index is 0.0744. The average Bonchev–Trinajstić information content (AvgIpc) is 3.40. The Morgan fingerprint density at radius 2 is 0.851 bits per heavy atom. The molecule has 1 N–H and O–H groups in total. The van der Waals surface area contributed by atoms with Crippen LogP contribution in [0.25, 0.3) is 0 Å². The molecule has 0 fully saturated rings. The maximum atomic E-state index is 11.6. The van der Waals surface area contributed by atoms with Gasteiger partial charge in [-0.1, -0.05) is 115 Å². The number of benzene rings is 5. The lowest BCUT2D eigenvalue weighted by Gasteiger charge is -2.26. The molecule has 0 aliphatic heterocycles. The van der Waals surface area contributed by atoms with Gasteiger partial charge in [-0.3, -0.25) is 14.4 Å². The molecule has 5 atom stereocenters. The Morgan fingerprint density at radius 3 is 1.19 bits per heavy atom. The zero-order valence-corrected chi connectivity index (χ0v) is 47.0. The molecule has 5 rings (SSSR count). The molecule has 5 aromatic carbocycles. The third kappa shape index (κ3) is 23.0. The highest BCUT2D eigenvalue weighted by molar-refractivity contribution is 6.65. The van der Waals surface area contributed by atoms with Crippen molar-refractivity contribution in [2.24, 2.45) is 0 Å². The first-order valence-corrected chi connectivity index (χ1v) is 27.6. The molecule has 0 saturated heterocycles. The second kappa shape index (κ2) is 34.6. The largest absolute Gasteiger partial charge is 0.705 e. The highest BCUT2D eigenvalue weighted by atomic mass is 28.4. The number of rotatable bonds is 25. The smallest absolute Gasteiger partial charge is 0.508 e. The number of ether oxygens (including phenoxy) is 4. The fraction of sp³-hybridized carbons (Fsp3) is 0.403. The standard InChI is InChI=1S/C28H38O8Si.C22H28O2.C10H14O.C2H4/c1-7-24(19-20(2)25-9-13-27(32-6)14-10-25)26-11-15-28(16-12-26)33-17-8-18-37(34-21(3)29,35-22(4)30)36-23(5)31;1-5-15-24-22-13-9-20(10-14-22)18(6-2)16-17(3)19-7-11-21(23-4)12-8-19;1-3-8(2)9-4-6-10(11)7-5-9;1-2/h9-16,20,24H,7-8,17-19H2,1-6H3;5,7-14,17-18H,1,6,15-16H2,2-4H3;4-8,11H,3H2,1-2H3;1-2H2. The van der Waals surface area contributed by atoms with Crippen LogP contribution in [0.3, 0.4) is 0 Å². The zero-order valence-electron chi connectivity index (χ0n) is 46.0. The van der Waals surface area contributed by atoms with Gasteiger partial charge in [0.05, 0.1) is 26.9 Å². The van der Waals surface area contributed by atoms with Crippen LogP contribution in [-0.4, -0.2) is 59.3 Å². The molecule has 74 heavy (non-hydrogen) atoms. The Morgan fingerprint density at radius 1 is 0.514 bits per heavy atom. The number of hydrogen-bond acceptors (Lipinski definition) is 11. The lowest BCUT2D eigenvalue weighted by Crippen LogP contribution is -2.49. The van der Waals surface area contributed by atoms with E-state index in [1.54, 1.807) is 32.4 Å². The van der Waals surface area contributed by atoms with E-state index in [0.29, 0.717) is 54.1 Å². The van der Waals surface area contributed by atoms with Crippen molar-refractivity contribution < 1.29 is 51.7 Å². The maximum Gasteiger partial charge on any atom is 0.705 e. The fourth-order valence-corrected chi connectivity index (χ4v) is 10.6. The van der Waals surface area contributed by atoms with Gasteiger partial charge in [-0.25, -0.2) is 0 Å². The van der Waals surface area contributed by atoms with Gasteiger partial charge in [0.2, 0.25) is 0 Å². The van der Waals surface area contributed by atoms with Gasteiger partial charge in [0, 0.05) is 20.8 Å². The Balaban J connectivity index is 0.000000429. The summed E-state index contributed by atoms with van der Waals surface area (Å²) in [7, 11) is -0.465. The minimum Gasteiger partial charge on any atom is -0.508 e. The number of methoxy groups -OCH3 is 2. The maximum absolute atomic E-state index is 11.6. The van der Waals surface area contributed by atoms with Crippen LogP contribution in [0.2, 0.25) is 6.04 Å². The van der Waals surface area contributed by atoms with Crippen LogP contribution in [0.15, 0.2) is 147 Å². The molecule has 0 bridgehead atoms. The molecule has 0 amide bonds. The van der Waals surface area contributed by atoms with E-state index in [4.69, 9.17) is 37.3 Å². The topological polar surface area (TPSA) is 136 Å². The van der Waals surface area contributed by atoms with E-state index in [9.17, 15) is 14.4 Å². The molecule has 402 valence electrons. The molecule has 0 spiro atoms. The van der Waals surface area contributed by atoms with Crippen LogP contribution in [0.5, 0.6) is 28.7 Å². The Bertz CT molecular complexity index is 2310. The molecule has 0 aromatic heterocycles. The number of phenolic OH excluding ortho intramolecular Hbond substituents is 1. The molecular weight excluding hydrogens is 949 g/mol. The van der Waals surface area contributed by atoms with Gasteiger partial charge < -0.3 is 37.3 Å². The van der Waals surface area contributed by atoms with Crippen molar-refractivity contribution in [1.82, 2.24) is 0 Å². The molecule has 0 radical (unpaired) electrons. The SMILES string of the molecule is C=C.C=CCOc1ccc(C(CC)CC(C)c2ccc(OC)cc2)cc1.CCC(C)c1ccc(O)cc1.CCC(CC(C)c1ccc(OC)cc1)c1ccc(OCCC[Si](OC(C)=O)(OC(C)=O)OC(C)=O)cc1. The first kappa shape index (κ1) is 63.3. The quantitative estimate of drug-likeness (QED) is 0.0340. The van der Waals surface area contributed by atoms with Crippen LogP contribution >= 0.6 is 0 Å². The number of phenols is 1. The predicted octanol–water partition coefficient (Wildman–Crippen LogP) is 15.4. The van der Waals surface area contributed by atoms with Gasteiger partial charge in [0.25, 0.3) is 17.9 Å². The molecule has 12 heteroatoms. The lowest BCUT2D eigenvalue weighted by atomic mass is 9.84. The third-order valence-corrected chi connectivity index (χ3v) is 15.3. The van der Waals surface area contributed by atoms with Gasteiger partial charge in [0.1, 0.15) is 35.4 Å². The summed E-state index contributed by atoms with van der Waals surface area (Å²) in [5, 5.41) is 9.01. The van der Waals surface area contributed by atoms with E-state index in [2.05, 4.69) is 122 Å². The van der Waals surface area contributed by atoms with Crippen molar-refractivity contribution in [3.8, 4) is 28.7 Å². The van der Waals surface area contributed by atoms with Gasteiger partial charge in [0.15, 0.2) is 0 Å². The molecule has 0 aliphatic rings.